The first-order valence-corrected chi connectivity index (χ1v) is 7.37. The van der Waals surface area contributed by atoms with Crippen LogP contribution in [0.5, 0.6) is 11.5 Å². The van der Waals surface area contributed by atoms with Gasteiger partial charge in [0.1, 0.15) is 18.2 Å². The Morgan fingerprint density at radius 3 is 2.48 bits per heavy atom. The molecular weight excluding hydrogens is 298 g/mol. The highest BCUT2D eigenvalue weighted by atomic mass is 16.5. The number of nitrogens with one attached hydrogen (secondary N) is 1. The van der Waals surface area contributed by atoms with Gasteiger partial charge in [-0.25, -0.2) is 14.8 Å². The van der Waals surface area contributed by atoms with Crippen molar-refractivity contribution in [1.82, 2.24) is 9.97 Å². The number of hydrogen-bond donors (Lipinski definition) is 2. The van der Waals surface area contributed by atoms with Gasteiger partial charge >= 0.3 is 5.97 Å². The Bertz CT molecular complexity index is 705. The Labute approximate surface area is 134 Å². The number of nitrogens with zero attached hydrogens (tertiary/aromatic N) is 2. The summed E-state index contributed by atoms with van der Waals surface area (Å²) in [4.78, 5) is 19.9. The summed E-state index contributed by atoms with van der Waals surface area (Å²) in [5, 5.41) is 13.1. The first-order chi connectivity index (χ1) is 11.0. The second kappa shape index (κ2) is 7.13. The van der Waals surface area contributed by atoms with Crippen LogP contribution in [0, 0.1) is 5.92 Å². The molecular formula is C16H21N3O4. The summed E-state index contributed by atoms with van der Waals surface area (Å²) in [5.41, 5.74) is 0.647. The van der Waals surface area contributed by atoms with E-state index >= 15 is 0 Å². The van der Waals surface area contributed by atoms with E-state index in [1.807, 2.05) is 13.8 Å². The van der Waals surface area contributed by atoms with Gasteiger partial charge in [0.2, 0.25) is 0 Å². The molecule has 2 N–H and O–H groups in total. The van der Waals surface area contributed by atoms with Gasteiger partial charge in [0.15, 0.2) is 11.5 Å². The van der Waals surface area contributed by atoms with E-state index in [-0.39, 0.29) is 5.92 Å². The van der Waals surface area contributed by atoms with Crippen molar-refractivity contribution in [2.45, 2.75) is 26.3 Å². The van der Waals surface area contributed by atoms with Crippen LogP contribution in [0.4, 0.5) is 5.82 Å². The first kappa shape index (κ1) is 16.8. The van der Waals surface area contributed by atoms with E-state index in [9.17, 15) is 9.90 Å². The lowest BCUT2D eigenvalue weighted by molar-refractivity contribution is -0.139. The summed E-state index contributed by atoms with van der Waals surface area (Å²) in [6, 6.07) is 2.75. The molecule has 0 aliphatic carbocycles. The van der Waals surface area contributed by atoms with Crippen molar-refractivity contribution in [2.24, 2.45) is 5.92 Å². The molecule has 124 valence electrons. The number of ether oxygens (including phenoxy) is 2. The minimum atomic E-state index is -0.911. The smallest absolute Gasteiger partial charge is 0.326 e. The van der Waals surface area contributed by atoms with Crippen LogP contribution in [-0.4, -0.2) is 41.3 Å². The number of benzene rings is 1. The highest BCUT2D eigenvalue weighted by molar-refractivity contribution is 5.93. The molecule has 0 radical (unpaired) electrons. The highest BCUT2D eigenvalue weighted by Crippen LogP contribution is 2.34. The van der Waals surface area contributed by atoms with Crippen LogP contribution < -0.4 is 14.8 Å². The number of hydrogen-bond acceptors (Lipinski definition) is 6. The Balaban J connectivity index is 2.50. The Morgan fingerprint density at radius 2 is 1.91 bits per heavy atom. The second-order valence-electron chi connectivity index (χ2n) is 5.29. The Kier molecular flexibility index (Phi) is 5.20. The summed E-state index contributed by atoms with van der Waals surface area (Å²) in [6.45, 7) is 3.84. The Hall–Kier alpha value is -2.57. The lowest BCUT2D eigenvalue weighted by atomic mass is 9.99. The average molecular weight is 319 g/mol. The second-order valence-corrected chi connectivity index (χ2v) is 5.29. The number of aromatic nitrogens is 2. The predicted octanol–water partition coefficient (Wildman–Crippen LogP) is 2.56. The maximum atomic E-state index is 11.5. The number of rotatable bonds is 7. The summed E-state index contributed by atoms with van der Waals surface area (Å²) < 4.78 is 10.6. The van der Waals surface area contributed by atoms with Gasteiger partial charge in [-0.15, -0.1) is 0 Å². The Morgan fingerprint density at radius 1 is 1.26 bits per heavy atom. The quantitative estimate of drug-likeness (QED) is 0.810. The molecule has 0 aliphatic rings. The normalized spacial score (nSPS) is 13.4. The summed E-state index contributed by atoms with van der Waals surface area (Å²) in [5.74, 6) is 0.600. The molecule has 1 aromatic heterocycles. The van der Waals surface area contributed by atoms with Crippen molar-refractivity contribution < 1.29 is 19.4 Å². The van der Waals surface area contributed by atoms with Crippen LogP contribution in [-0.2, 0) is 4.79 Å². The summed E-state index contributed by atoms with van der Waals surface area (Å²) in [6.07, 6.45) is 2.14. The van der Waals surface area contributed by atoms with E-state index < -0.39 is 12.0 Å². The van der Waals surface area contributed by atoms with Gasteiger partial charge in [-0.3, -0.25) is 0 Å². The number of carbonyl (C=O) groups is 1. The predicted molar refractivity (Wildman–Crippen MR) is 87.1 cm³/mol. The van der Waals surface area contributed by atoms with E-state index in [0.717, 1.165) is 6.42 Å². The monoisotopic (exact) mass is 319 g/mol. The van der Waals surface area contributed by atoms with E-state index in [4.69, 9.17) is 9.47 Å². The van der Waals surface area contributed by atoms with E-state index in [0.29, 0.717) is 28.2 Å². The molecule has 2 atom stereocenters. The molecule has 1 aromatic carbocycles. The van der Waals surface area contributed by atoms with Gasteiger partial charge < -0.3 is 19.9 Å². The van der Waals surface area contributed by atoms with Gasteiger partial charge in [0.25, 0.3) is 0 Å². The molecule has 2 aromatic rings. The highest BCUT2D eigenvalue weighted by Gasteiger charge is 2.24. The number of aliphatic carboxylic acids is 1. The number of methoxy groups -OCH3 is 2. The number of anilines is 1. The molecule has 0 aliphatic heterocycles. The average Bonchev–Trinajstić information content (AvgIpc) is 2.57. The van der Waals surface area contributed by atoms with Crippen LogP contribution >= 0.6 is 0 Å². The topological polar surface area (TPSA) is 93.6 Å². The first-order valence-electron chi connectivity index (χ1n) is 7.37. The van der Waals surface area contributed by atoms with Crippen LogP contribution in [0.3, 0.4) is 0 Å². The molecule has 0 fully saturated rings. The number of fused-ring (bicyclic) bond motifs is 1. The molecule has 0 saturated heterocycles. The van der Waals surface area contributed by atoms with Gasteiger partial charge in [-0.2, -0.15) is 0 Å². The maximum Gasteiger partial charge on any atom is 0.326 e. The van der Waals surface area contributed by atoms with Crippen molar-refractivity contribution in [3.05, 3.63) is 18.5 Å². The third-order valence-corrected chi connectivity index (χ3v) is 3.91. The fraction of sp³-hybridized carbons (Fsp3) is 0.438. The molecule has 7 heteroatoms. The molecule has 0 spiro atoms. The fourth-order valence-corrected chi connectivity index (χ4v) is 2.33. The molecule has 1 heterocycles. The van der Waals surface area contributed by atoms with Gasteiger partial charge in [-0.1, -0.05) is 20.3 Å². The van der Waals surface area contributed by atoms with Crippen molar-refractivity contribution in [3.8, 4) is 11.5 Å². The standard InChI is InChI=1S/C16H21N3O4/c1-5-9(2)14(16(20)21)19-15-10-6-12(22-3)13(23-4)7-11(10)17-8-18-15/h6-9,14H,5H2,1-4H3,(H,20,21)(H,17,18,19). The van der Waals surface area contributed by atoms with Crippen LogP contribution in [0.2, 0.25) is 0 Å². The van der Waals surface area contributed by atoms with Crippen LogP contribution in [0.1, 0.15) is 20.3 Å². The van der Waals surface area contributed by atoms with Crippen molar-refractivity contribution in [3.63, 3.8) is 0 Å². The minimum Gasteiger partial charge on any atom is -0.493 e. The van der Waals surface area contributed by atoms with Gasteiger partial charge in [0, 0.05) is 11.5 Å². The van der Waals surface area contributed by atoms with Crippen LogP contribution in [0.25, 0.3) is 10.9 Å². The zero-order valence-electron chi connectivity index (χ0n) is 13.7. The van der Waals surface area contributed by atoms with Crippen molar-refractivity contribution in [2.75, 3.05) is 19.5 Å². The van der Waals surface area contributed by atoms with Crippen molar-refractivity contribution in [1.29, 1.82) is 0 Å². The fourth-order valence-electron chi connectivity index (χ4n) is 2.33. The molecule has 7 nitrogen and oxygen atoms in total. The minimum absolute atomic E-state index is 0.0438. The summed E-state index contributed by atoms with van der Waals surface area (Å²) in [7, 11) is 3.09. The van der Waals surface area contributed by atoms with Crippen LogP contribution in [0.15, 0.2) is 18.5 Å². The maximum absolute atomic E-state index is 11.5. The largest absolute Gasteiger partial charge is 0.493 e. The molecule has 23 heavy (non-hydrogen) atoms. The van der Waals surface area contributed by atoms with Crippen molar-refractivity contribution >= 4 is 22.7 Å². The SMILES string of the molecule is CCC(C)C(Nc1ncnc2cc(OC)c(OC)cc12)C(=O)O. The number of carboxylic acid groups (broad SMARTS) is 1. The lowest BCUT2D eigenvalue weighted by Crippen LogP contribution is -2.35. The summed E-state index contributed by atoms with van der Waals surface area (Å²) >= 11 is 0. The zero-order valence-corrected chi connectivity index (χ0v) is 13.7. The lowest BCUT2D eigenvalue weighted by Gasteiger charge is -2.21. The molecule has 2 unspecified atom stereocenters. The number of carboxylic acids is 1. The van der Waals surface area contributed by atoms with E-state index in [2.05, 4.69) is 15.3 Å². The third-order valence-electron chi connectivity index (χ3n) is 3.91. The molecule has 0 saturated carbocycles. The molecule has 0 bridgehead atoms. The van der Waals surface area contributed by atoms with E-state index in [1.165, 1.54) is 6.33 Å². The van der Waals surface area contributed by atoms with Gasteiger partial charge in [0.05, 0.1) is 19.7 Å². The third kappa shape index (κ3) is 3.44. The molecule has 0 amide bonds. The van der Waals surface area contributed by atoms with E-state index in [1.54, 1.807) is 26.4 Å². The zero-order chi connectivity index (χ0) is 17.0. The van der Waals surface area contributed by atoms with Gasteiger partial charge in [-0.05, 0) is 12.0 Å². The molecule has 2 rings (SSSR count).